The molecule has 1 aromatic heterocycles. The fourth-order valence-corrected chi connectivity index (χ4v) is 4.54. The van der Waals surface area contributed by atoms with Gasteiger partial charge in [-0.25, -0.2) is 4.68 Å². The van der Waals surface area contributed by atoms with Gasteiger partial charge in [0.05, 0.1) is 22.4 Å². The van der Waals surface area contributed by atoms with Gasteiger partial charge in [-0.05, 0) is 37.1 Å². The minimum atomic E-state index is -0.0194. The van der Waals surface area contributed by atoms with Gasteiger partial charge in [0.25, 0.3) is 0 Å². The van der Waals surface area contributed by atoms with Crippen molar-refractivity contribution in [3.8, 4) is 5.69 Å². The van der Waals surface area contributed by atoms with Gasteiger partial charge in [-0.1, -0.05) is 48.0 Å². The van der Waals surface area contributed by atoms with Gasteiger partial charge in [0, 0.05) is 10.6 Å². The van der Waals surface area contributed by atoms with Crippen molar-refractivity contribution in [1.29, 1.82) is 0 Å². The number of carbonyl (C=O) groups excluding carboxylic acids is 1. The standard InChI is InChI=1S/C20H18ClN3OS/c1-12-8-9-15(10-16(12)21)24-20-18(13(2)23-24)19(26-11-17(25)22-20)14-6-4-3-5-7-14/h3-10,19H,11H2,1-2H3,(H,22,25). The Labute approximate surface area is 161 Å². The summed E-state index contributed by atoms with van der Waals surface area (Å²) in [6, 6.07) is 16.0. The van der Waals surface area contributed by atoms with Crippen molar-refractivity contribution in [2.45, 2.75) is 19.1 Å². The van der Waals surface area contributed by atoms with Gasteiger partial charge < -0.3 is 5.32 Å². The number of carbonyl (C=O) groups is 1. The van der Waals surface area contributed by atoms with E-state index in [-0.39, 0.29) is 11.2 Å². The maximum Gasteiger partial charge on any atom is 0.235 e. The highest BCUT2D eigenvalue weighted by Gasteiger charge is 2.30. The van der Waals surface area contributed by atoms with Gasteiger partial charge in [0.1, 0.15) is 5.82 Å². The number of nitrogens with zero attached hydrogens (tertiary/aromatic N) is 2. The van der Waals surface area contributed by atoms with Crippen molar-refractivity contribution >= 4 is 35.1 Å². The summed E-state index contributed by atoms with van der Waals surface area (Å²) >= 11 is 7.93. The van der Waals surface area contributed by atoms with E-state index in [2.05, 4.69) is 17.4 Å². The summed E-state index contributed by atoms with van der Waals surface area (Å²) in [7, 11) is 0. The van der Waals surface area contributed by atoms with Gasteiger partial charge in [-0.2, -0.15) is 5.10 Å². The molecule has 1 amide bonds. The van der Waals surface area contributed by atoms with Crippen LogP contribution >= 0.6 is 23.4 Å². The molecule has 1 aliphatic rings. The molecule has 0 spiro atoms. The Morgan fingerprint density at radius 3 is 2.69 bits per heavy atom. The second-order valence-corrected chi connectivity index (χ2v) is 7.84. The monoisotopic (exact) mass is 383 g/mol. The second kappa shape index (κ2) is 6.82. The first-order chi connectivity index (χ1) is 12.5. The normalized spacial score (nSPS) is 16.7. The van der Waals surface area contributed by atoms with Crippen LogP contribution in [0.2, 0.25) is 5.02 Å². The first-order valence-electron chi connectivity index (χ1n) is 8.37. The molecule has 4 nitrogen and oxygen atoms in total. The van der Waals surface area contributed by atoms with Crippen LogP contribution in [-0.4, -0.2) is 21.4 Å². The molecule has 2 heterocycles. The number of halogens is 1. The van der Waals surface area contributed by atoms with Crippen LogP contribution in [0.1, 0.15) is 27.6 Å². The van der Waals surface area contributed by atoms with Crippen molar-refractivity contribution in [2.24, 2.45) is 0 Å². The summed E-state index contributed by atoms with van der Waals surface area (Å²) in [6.45, 7) is 3.95. The summed E-state index contributed by atoms with van der Waals surface area (Å²) in [5.41, 5.74) is 4.96. The quantitative estimate of drug-likeness (QED) is 0.683. The van der Waals surface area contributed by atoms with E-state index in [0.29, 0.717) is 10.8 Å². The lowest BCUT2D eigenvalue weighted by atomic mass is 10.0. The van der Waals surface area contributed by atoms with Crippen LogP contribution in [0.3, 0.4) is 0 Å². The van der Waals surface area contributed by atoms with E-state index < -0.39 is 0 Å². The van der Waals surface area contributed by atoms with E-state index in [1.807, 2.05) is 50.2 Å². The highest BCUT2D eigenvalue weighted by Crippen LogP contribution is 2.43. The molecule has 4 rings (SSSR count). The molecule has 3 aromatic rings. The number of aryl methyl sites for hydroxylation is 2. The summed E-state index contributed by atoms with van der Waals surface area (Å²) in [6.07, 6.45) is 0. The Hall–Kier alpha value is -2.24. The molecule has 0 aliphatic carbocycles. The minimum Gasteiger partial charge on any atom is -0.310 e. The topological polar surface area (TPSA) is 46.9 Å². The van der Waals surface area contributed by atoms with Crippen molar-refractivity contribution < 1.29 is 4.79 Å². The molecule has 0 bridgehead atoms. The average Bonchev–Trinajstić information content (AvgIpc) is 2.84. The van der Waals surface area contributed by atoms with E-state index in [1.54, 1.807) is 16.4 Å². The molecular weight excluding hydrogens is 366 g/mol. The molecule has 1 unspecified atom stereocenters. The SMILES string of the molecule is Cc1ccc(-n2nc(C)c3c2NC(=O)CSC3c2ccccc2)cc1Cl. The number of hydrogen-bond donors (Lipinski definition) is 1. The van der Waals surface area contributed by atoms with E-state index in [1.165, 1.54) is 5.56 Å². The van der Waals surface area contributed by atoms with Gasteiger partial charge in [0.2, 0.25) is 5.91 Å². The summed E-state index contributed by atoms with van der Waals surface area (Å²) in [5.74, 6) is 1.11. The summed E-state index contributed by atoms with van der Waals surface area (Å²) in [5, 5.41) is 8.49. The third-order valence-electron chi connectivity index (χ3n) is 4.51. The molecule has 132 valence electrons. The Kier molecular flexibility index (Phi) is 4.51. The second-order valence-electron chi connectivity index (χ2n) is 6.34. The summed E-state index contributed by atoms with van der Waals surface area (Å²) < 4.78 is 1.79. The molecule has 1 atom stereocenters. The Balaban J connectivity index is 1.90. The van der Waals surface area contributed by atoms with Crippen LogP contribution in [0, 0.1) is 13.8 Å². The number of nitrogens with one attached hydrogen (secondary N) is 1. The van der Waals surface area contributed by atoms with E-state index in [9.17, 15) is 4.79 Å². The minimum absolute atomic E-state index is 0.0194. The lowest BCUT2D eigenvalue weighted by Gasteiger charge is -2.15. The number of anilines is 1. The van der Waals surface area contributed by atoms with Crippen LogP contribution in [0.15, 0.2) is 48.5 Å². The van der Waals surface area contributed by atoms with Crippen LogP contribution in [-0.2, 0) is 4.79 Å². The molecule has 6 heteroatoms. The number of aromatic nitrogens is 2. The molecule has 0 radical (unpaired) electrons. The third-order valence-corrected chi connectivity index (χ3v) is 6.19. The van der Waals surface area contributed by atoms with Gasteiger partial charge >= 0.3 is 0 Å². The van der Waals surface area contributed by atoms with Crippen molar-refractivity contribution in [3.05, 3.63) is 75.9 Å². The van der Waals surface area contributed by atoms with Crippen LogP contribution in [0.5, 0.6) is 0 Å². The van der Waals surface area contributed by atoms with Gasteiger partial charge in [-0.15, -0.1) is 11.8 Å². The zero-order valence-corrected chi connectivity index (χ0v) is 16.1. The van der Waals surface area contributed by atoms with Gasteiger partial charge in [-0.3, -0.25) is 4.79 Å². The van der Waals surface area contributed by atoms with Crippen molar-refractivity contribution in [2.75, 3.05) is 11.1 Å². The fraction of sp³-hybridized carbons (Fsp3) is 0.200. The molecule has 0 fully saturated rings. The van der Waals surface area contributed by atoms with Crippen molar-refractivity contribution in [3.63, 3.8) is 0 Å². The smallest absolute Gasteiger partial charge is 0.235 e. The first kappa shape index (κ1) is 17.2. The number of rotatable bonds is 2. The van der Waals surface area contributed by atoms with E-state index in [0.717, 1.165) is 28.3 Å². The molecule has 1 N–H and O–H groups in total. The zero-order valence-electron chi connectivity index (χ0n) is 14.5. The molecule has 0 saturated heterocycles. The third kappa shape index (κ3) is 3.02. The molecule has 2 aromatic carbocycles. The Morgan fingerprint density at radius 2 is 1.96 bits per heavy atom. The van der Waals surface area contributed by atoms with Crippen molar-refractivity contribution in [1.82, 2.24) is 9.78 Å². The highest BCUT2D eigenvalue weighted by molar-refractivity contribution is 8.00. The lowest BCUT2D eigenvalue weighted by Crippen LogP contribution is -2.15. The van der Waals surface area contributed by atoms with E-state index >= 15 is 0 Å². The maximum atomic E-state index is 12.3. The fourth-order valence-electron chi connectivity index (χ4n) is 3.18. The number of hydrogen-bond acceptors (Lipinski definition) is 3. The average molecular weight is 384 g/mol. The van der Waals surface area contributed by atoms with Crippen LogP contribution < -0.4 is 5.32 Å². The molecule has 26 heavy (non-hydrogen) atoms. The first-order valence-corrected chi connectivity index (χ1v) is 9.79. The lowest BCUT2D eigenvalue weighted by molar-refractivity contribution is -0.113. The predicted octanol–water partition coefficient (Wildman–Crippen LogP) is 4.92. The van der Waals surface area contributed by atoms with E-state index in [4.69, 9.17) is 16.7 Å². The van der Waals surface area contributed by atoms with Crippen LogP contribution in [0.25, 0.3) is 5.69 Å². The largest absolute Gasteiger partial charge is 0.310 e. The number of thioether (sulfide) groups is 1. The number of amides is 1. The Bertz CT molecular complexity index is 984. The maximum absolute atomic E-state index is 12.3. The molecular formula is C20H18ClN3OS. The number of benzene rings is 2. The predicted molar refractivity (Wildman–Crippen MR) is 107 cm³/mol. The molecule has 0 saturated carbocycles. The zero-order chi connectivity index (χ0) is 18.3. The van der Waals surface area contributed by atoms with Gasteiger partial charge in [0.15, 0.2) is 0 Å². The number of fused-ring (bicyclic) bond motifs is 1. The highest BCUT2D eigenvalue weighted by atomic mass is 35.5. The molecule has 1 aliphatic heterocycles. The van der Waals surface area contributed by atoms with Crippen LogP contribution in [0.4, 0.5) is 5.82 Å². The summed E-state index contributed by atoms with van der Waals surface area (Å²) in [4.78, 5) is 12.3. The Morgan fingerprint density at radius 1 is 1.19 bits per heavy atom.